The summed E-state index contributed by atoms with van der Waals surface area (Å²) in [4.78, 5) is 11.8. The Hall–Kier alpha value is -1.65. The van der Waals surface area contributed by atoms with Crippen molar-refractivity contribution in [1.29, 1.82) is 0 Å². The minimum Gasteiger partial charge on any atom is -0.491 e. The SMILES string of the molecule is Cc1cccc(OCCNC(=O)CSCc2cccc(Cl)c2)c1C. The van der Waals surface area contributed by atoms with Crippen LogP contribution in [0.3, 0.4) is 0 Å². The molecule has 0 spiro atoms. The molecule has 0 fully saturated rings. The molecule has 2 rings (SSSR count). The first kappa shape index (κ1) is 18.7. The molecule has 3 nitrogen and oxygen atoms in total. The zero-order chi connectivity index (χ0) is 17.4. The van der Waals surface area contributed by atoms with E-state index in [0.29, 0.717) is 18.9 Å². The van der Waals surface area contributed by atoms with Gasteiger partial charge in [0.05, 0.1) is 12.3 Å². The highest BCUT2D eigenvalue weighted by atomic mass is 35.5. The zero-order valence-electron chi connectivity index (χ0n) is 14.0. The number of thioether (sulfide) groups is 1. The number of rotatable bonds is 8. The van der Waals surface area contributed by atoms with Crippen LogP contribution in [0.15, 0.2) is 42.5 Å². The van der Waals surface area contributed by atoms with Gasteiger partial charge < -0.3 is 10.1 Å². The van der Waals surface area contributed by atoms with E-state index in [1.165, 1.54) is 5.56 Å². The van der Waals surface area contributed by atoms with Gasteiger partial charge in [0, 0.05) is 10.8 Å². The zero-order valence-corrected chi connectivity index (χ0v) is 15.5. The molecule has 5 heteroatoms. The molecular weight excluding hydrogens is 342 g/mol. The number of aryl methyl sites for hydroxylation is 1. The summed E-state index contributed by atoms with van der Waals surface area (Å²) in [7, 11) is 0. The fourth-order valence-electron chi connectivity index (χ4n) is 2.17. The smallest absolute Gasteiger partial charge is 0.230 e. The van der Waals surface area contributed by atoms with Gasteiger partial charge in [-0.05, 0) is 48.7 Å². The summed E-state index contributed by atoms with van der Waals surface area (Å²) >= 11 is 7.51. The van der Waals surface area contributed by atoms with Crippen LogP contribution in [0.2, 0.25) is 5.02 Å². The normalized spacial score (nSPS) is 10.5. The number of nitrogens with one attached hydrogen (secondary N) is 1. The van der Waals surface area contributed by atoms with Gasteiger partial charge in [-0.25, -0.2) is 0 Å². The van der Waals surface area contributed by atoms with Crippen molar-refractivity contribution in [3.05, 3.63) is 64.2 Å². The standard InChI is InChI=1S/C19H22ClNO2S/c1-14-5-3-8-18(15(14)2)23-10-9-21-19(22)13-24-12-16-6-4-7-17(20)11-16/h3-8,11H,9-10,12-13H2,1-2H3,(H,21,22). The van der Waals surface area contributed by atoms with Gasteiger partial charge in [-0.1, -0.05) is 35.9 Å². The average Bonchev–Trinajstić information content (AvgIpc) is 2.55. The fourth-order valence-corrected chi connectivity index (χ4v) is 3.19. The molecular formula is C19H22ClNO2S. The number of ether oxygens (including phenoxy) is 1. The molecule has 2 aromatic carbocycles. The van der Waals surface area contributed by atoms with E-state index in [0.717, 1.165) is 27.7 Å². The molecule has 24 heavy (non-hydrogen) atoms. The van der Waals surface area contributed by atoms with Gasteiger partial charge in [0.1, 0.15) is 12.4 Å². The van der Waals surface area contributed by atoms with Crippen LogP contribution in [0.4, 0.5) is 0 Å². The Bertz CT molecular complexity index is 691. The maximum absolute atomic E-state index is 11.8. The fraction of sp³-hybridized carbons (Fsp3) is 0.316. The Balaban J connectivity index is 1.62. The van der Waals surface area contributed by atoms with Crippen LogP contribution in [0.1, 0.15) is 16.7 Å². The number of carbonyl (C=O) groups excluding carboxylic acids is 1. The van der Waals surface area contributed by atoms with E-state index in [-0.39, 0.29) is 5.91 Å². The third kappa shape index (κ3) is 6.10. The van der Waals surface area contributed by atoms with E-state index in [2.05, 4.69) is 18.3 Å². The van der Waals surface area contributed by atoms with Crippen molar-refractivity contribution >= 4 is 29.3 Å². The molecule has 128 valence electrons. The Morgan fingerprint density at radius 3 is 2.79 bits per heavy atom. The monoisotopic (exact) mass is 363 g/mol. The number of hydrogen-bond donors (Lipinski definition) is 1. The van der Waals surface area contributed by atoms with Gasteiger partial charge >= 0.3 is 0 Å². The predicted molar refractivity (Wildman–Crippen MR) is 102 cm³/mol. The topological polar surface area (TPSA) is 38.3 Å². The largest absolute Gasteiger partial charge is 0.491 e. The summed E-state index contributed by atoms with van der Waals surface area (Å²) in [6, 6.07) is 13.7. The summed E-state index contributed by atoms with van der Waals surface area (Å²) in [6.07, 6.45) is 0. The lowest BCUT2D eigenvalue weighted by Gasteiger charge is -2.11. The lowest BCUT2D eigenvalue weighted by molar-refractivity contribution is -0.118. The van der Waals surface area contributed by atoms with Crippen molar-refractivity contribution in [2.24, 2.45) is 0 Å². The summed E-state index contributed by atoms with van der Waals surface area (Å²) in [5, 5.41) is 3.60. The molecule has 0 atom stereocenters. The molecule has 0 aliphatic heterocycles. The molecule has 2 aromatic rings. The van der Waals surface area contributed by atoms with Crippen molar-refractivity contribution in [3.8, 4) is 5.75 Å². The first-order valence-corrected chi connectivity index (χ1v) is 9.37. The Morgan fingerprint density at radius 2 is 2.00 bits per heavy atom. The van der Waals surface area contributed by atoms with E-state index >= 15 is 0 Å². The van der Waals surface area contributed by atoms with Gasteiger partial charge in [0.25, 0.3) is 0 Å². The lowest BCUT2D eigenvalue weighted by Crippen LogP contribution is -2.29. The maximum atomic E-state index is 11.8. The Kier molecular flexibility index (Phi) is 7.47. The summed E-state index contributed by atoms with van der Waals surface area (Å²) in [6.45, 7) is 5.07. The summed E-state index contributed by atoms with van der Waals surface area (Å²) in [5.41, 5.74) is 3.47. The number of carbonyl (C=O) groups is 1. The molecule has 0 aromatic heterocycles. The van der Waals surface area contributed by atoms with Crippen LogP contribution in [0.5, 0.6) is 5.75 Å². The lowest BCUT2D eigenvalue weighted by atomic mass is 10.1. The third-order valence-electron chi connectivity index (χ3n) is 3.63. The molecule has 1 amide bonds. The number of hydrogen-bond acceptors (Lipinski definition) is 3. The van der Waals surface area contributed by atoms with Crippen molar-refractivity contribution in [2.45, 2.75) is 19.6 Å². The highest BCUT2D eigenvalue weighted by Crippen LogP contribution is 2.20. The van der Waals surface area contributed by atoms with Gasteiger partial charge in [0.15, 0.2) is 0 Å². The second-order valence-electron chi connectivity index (χ2n) is 5.52. The minimum absolute atomic E-state index is 0.0200. The molecule has 1 N–H and O–H groups in total. The van der Waals surface area contributed by atoms with Crippen LogP contribution in [-0.4, -0.2) is 24.8 Å². The van der Waals surface area contributed by atoms with Gasteiger partial charge in [-0.3, -0.25) is 4.79 Å². The van der Waals surface area contributed by atoms with Crippen LogP contribution in [0.25, 0.3) is 0 Å². The molecule has 0 bridgehead atoms. The van der Waals surface area contributed by atoms with Crippen molar-refractivity contribution < 1.29 is 9.53 Å². The molecule has 0 unspecified atom stereocenters. The molecule has 0 radical (unpaired) electrons. The number of amides is 1. The second-order valence-corrected chi connectivity index (χ2v) is 6.94. The Labute approximate surface area is 152 Å². The first-order chi connectivity index (χ1) is 11.6. The average molecular weight is 364 g/mol. The molecule has 0 saturated heterocycles. The van der Waals surface area contributed by atoms with E-state index in [1.54, 1.807) is 11.8 Å². The van der Waals surface area contributed by atoms with Gasteiger partial charge in [0.2, 0.25) is 5.91 Å². The predicted octanol–water partition coefficient (Wildman–Crippen LogP) is 4.39. The van der Waals surface area contributed by atoms with Crippen LogP contribution < -0.4 is 10.1 Å². The van der Waals surface area contributed by atoms with Gasteiger partial charge in [-0.2, -0.15) is 0 Å². The van der Waals surface area contributed by atoms with E-state index in [1.807, 2.05) is 43.3 Å². The Morgan fingerprint density at radius 1 is 1.21 bits per heavy atom. The van der Waals surface area contributed by atoms with Crippen molar-refractivity contribution in [3.63, 3.8) is 0 Å². The summed E-state index contributed by atoms with van der Waals surface area (Å²) < 4.78 is 5.72. The maximum Gasteiger partial charge on any atom is 0.230 e. The number of halogens is 1. The molecule has 0 heterocycles. The quantitative estimate of drug-likeness (QED) is 0.707. The van der Waals surface area contributed by atoms with Gasteiger partial charge in [-0.15, -0.1) is 11.8 Å². The third-order valence-corrected chi connectivity index (χ3v) is 4.87. The van der Waals surface area contributed by atoms with Crippen molar-refractivity contribution in [1.82, 2.24) is 5.32 Å². The first-order valence-electron chi connectivity index (χ1n) is 7.84. The summed E-state index contributed by atoms with van der Waals surface area (Å²) in [5.74, 6) is 2.09. The molecule has 0 aliphatic carbocycles. The van der Waals surface area contributed by atoms with Crippen LogP contribution in [-0.2, 0) is 10.5 Å². The van der Waals surface area contributed by atoms with Crippen LogP contribution in [0, 0.1) is 13.8 Å². The van der Waals surface area contributed by atoms with Crippen LogP contribution >= 0.6 is 23.4 Å². The minimum atomic E-state index is 0.0200. The van der Waals surface area contributed by atoms with E-state index < -0.39 is 0 Å². The van der Waals surface area contributed by atoms with Crippen molar-refractivity contribution in [2.75, 3.05) is 18.9 Å². The van der Waals surface area contributed by atoms with E-state index in [4.69, 9.17) is 16.3 Å². The highest BCUT2D eigenvalue weighted by molar-refractivity contribution is 7.99. The highest BCUT2D eigenvalue weighted by Gasteiger charge is 2.04. The van der Waals surface area contributed by atoms with E-state index in [9.17, 15) is 4.79 Å². The molecule has 0 saturated carbocycles. The molecule has 0 aliphatic rings. The number of benzene rings is 2. The second kappa shape index (κ2) is 9.60.